The molecule has 0 amide bonds. The third-order valence-corrected chi connectivity index (χ3v) is 3.75. The van der Waals surface area contributed by atoms with Gasteiger partial charge in [0.05, 0.1) is 18.1 Å². The van der Waals surface area contributed by atoms with Crippen molar-refractivity contribution in [1.29, 1.82) is 0 Å². The molecule has 1 atom stereocenters. The molecule has 0 fully saturated rings. The van der Waals surface area contributed by atoms with Crippen LogP contribution in [0.1, 0.15) is 10.8 Å². The summed E-state index contributed by atoms with van der Waals surface area (Å²) in [6, 6.07) is 6.90. The molecule has 0 bridgehead atoms. The van der Waals surface area contributed by atoms with Gasteiger partial charge in [0.2, 0.25) is 6.54 Å². The normalized spacial score (nSPS) is 11.9. The Morgan fingerprint density at radius 2 is 2.22 bits per heavy atom. The van der Waals surface area contributed by atoms with E-state index in [1.165, 1.54) is 7.11 Å². The molecule has 0 aliphatic heterocycles. The van der Waals surface area contributed by atoms with Crippen LogP contribution in [0.4, 0.5) is 0 Å². The van der Waals surface area contributed by atoms with Gasteiger partial charge in [0.15, 0.2) is 0 Å². The molecular weight excluding hydrogens is 278 g/mol. The highest BCUT2D eigenvalue weighted by molar-refractivity contribution is 8.00. The molecule has 0 aliphatic rings. The first-order valence-corrected chi connectivity index (χ1v) is 6.52. The minimum absolute atomic E-state index is 0.0558. The Kier molecular flexibility index (Phi) is 5.94. The number of hydrogen-bond donors (Lipinski definition) is 0. The maximum Gasteiger partial charge on any atom is 0.315 e. The zero-order valence-electron chi connectivity index (χ0n) is 9.67. The number of hydrogen-bond acceptors (Lipinski definition) is 5. The van der Waals surface area contributed by atoms with Gasteiger partial charge >= 0.3 is 5.97 Å². The predicted octanol–water partition coefficient (Wildman–Crippen LogP) is 2.56. The molecule has 18 heavy (non-hydrogen) atoms. The lowest BCUT2D eigenvalue weighted by Gasteiger charge is -2.13. The van der Waals surface area contributed by atoms with Crippen molar-refractivity contribution in [3.8, 4) is 0 Å². The molecule has 0 radical (unpaired) electrons. The van der Waals surface area contributed by atoms with E-state index in [0.29, 0.717) is 10.6 Å². The first kappa shape index (κ1) is 14.8. The van der Waals surface area contributed by atoms with Gasteiger partial charge in [-0.3, -0.25) is 14.9 Å². The predicted molar refractivity (Wildman–Crippen MR) is 70.5 cm³/mol. The molecular formula is C11H12ClNO4S. The first-order valence-electron chi connectivity index (χ1n) is 5.09. The average Bonchev–Trinajstić information content (AvgIpc) is 2.34. The largest absolute Gasteiger partial charge is 0.468 e. The molecule has 1 aromatic rings. The standard InChI is InChI=1S/C11H12ClNO4S/c1-17-11(14)7-18-10(6-13(15)16)8-4-2-3-5-9(8)12/h2-5,10H,6-7H2,1H3. The summed E-state index contributed by atoms with van der Waals surface area (Å²) >= 11 is 7.15. The summed E-state index contributed by atoms with van der Waals surface area (Å²) < 4.78 is 4.51. The van der Waals surface area contributed by atoms with Crippen molar-refractivity contribution >= 4 is 29.3 Å². The molecule has 5 nitrogen and oxygen atoms in total. The van der Waals surface area contributed by atoms with Crippen LogP contribution >= 0.6 is 23.4 Å². The van der Waals surface area contributed by atoms with Gasteiger partial charge in [0.25, 0.3) is 0 Å². The average molecular weight is 290 g/mol. The molecule has 0 saturated heterocycles. The molecule has 7 heteroatoms. The number of nitrogens with zero attached hydrogens (tertiary/aromatic N) is 1. The van der Waals surface area contributed by atoms with E-state index in [9.17, 15) is 14.9 Å². The second-order valence-electron chi connectivity index (χ2n) is 3.41. The van der Waals surface area contributed by atoms with Crippen molar-refractivity contribution in [3.05, 3.63) is 45.0 Å². The Balaban J connectivity index is 2.81. The van der Waals surface area contributed by atoms with Crippen LogP contribution in [0.5, 0.6) is 0 Å². The van der Waals surface area contributed by atoms with Crippen LogP contribution in [0.25, 0.3) is 0 Å². The van der Waals surface area contributed by atoms with Crippen molar-refractivity contribution in [3.63, 3.8) is 0 Å². The van der Waals surface area contributed by atoms with Gasteiger partial charge < -0.3 is 4.74 Å². The van der Waals surface area contributed by atoms with E-state index in [-0.39, 0.29) is 12.3 Å². The van der Waals surface area contributed by atoms with Gasteiger partial charge in [0.1, 0.15) is 0 Å². The summed E-state index contributed by atoms with van der Waals surface area (Å²) in [4.78, 5) is 21.3. The molecule has 0 heterocycles. The van der Waals surface area contributed by atoms with Crippen LogP contribution in [0, 0.1) is 10.1 Å². The van der Waals surface area contributed by atoms with Crippen molar-refractivity contribution in [2.45, 2.75) is 5.25 Å². The van der Waals surface area contributed by atoms with E-state index >= 15 is 0 Å². The minimum Gasteiger partial charge on any atom is -0.468 e. The van der Waals surface area contributed by atoms with E-state index in [0.717, 1.165) is 11.8 Å². The third kappa shape index (κ3) is 4.54. The maximum absolute atomic E-state index is 11.1. The van der Waals surface area contributed by atoms with E-state index in [2.05, 4.69) is 4.74 Å². The molecule has 98 valence electrons. The fourth-order valence-corrected chi connectivity index (χ4v) is 2.74. The topological polar surface area (TPSA) is 69.4 Å². The summed E-state index contributed by atoms with van der Waals surface area (Å²) in [5, 5.41) is 10.6. The van der Waals surface area contributed by atoms with Gasteiger partial charge in [-0.1, -0.05) is 29.8 Å². The third-order valence-electron chi connectivity index (χ3n) is 2.20. The summed E-state index contributed by atoms with van der Waals surface area (Å²) in [7, 11) is 1.28. The fraction of sp³-hybridized carbons (Fsp3) is 0.364. The number of ether oxygens (including phenoxy) is 1. The number of methoxy groups -OCH3 is 1. The molecule has 1 rings (SSSR count). The summed E-state index contributed by atoms with van der Waals surface area (Å²) in [6.07, 6.45) is 0. The maximum atomic E-state index is 11.1. The quantitative estimate of drug-likeness (QED) is 0.457. The van der Waals surface area contributed by atoms with Crippen LogP contribution in [-0.4, -0.2) is 30.3 Å². The lowest BCUT2D eigenvalue weighted by molar-refractivity contribution is -0.479. The van der Waals surface area contributed by atoms with Crippen molar-refractivity contribution in [2.24, 2.45) is 0 Å². The number of thioether (sulfide) groups is 1. The van der Waals surface area contributed by atoms with E-state index in [1.54, 1.807) is 24.3 Å². The molecule has 0 aliphatic carbocycles. The van der Waals surface area contributed by atoms with Gasteiger partial charge in [-0.15, -0.1) is 11.8 Å². The smallest absolute Gasteiger partial charge is 0.315 e. The molecule has 0 saturated carbocycles. The molecule has 0 aromatic heterocycles. The van der Waals surface area contributed by atoms with Crippen molar-refractivity contribution < 1.29 is 14.5 Å². The number of esters is 1. The van der Waals surface area contributed by atoms with Gasteiger partial charge in [0, 0.05) is 9.95 Å². The number of nitro groups is 1. The van der Waals surface area contributed by atoms with Crippen LogP contribution in [-0.2, 0) is 9.53 Å². The number of benzene rings is 1. The number of rotatable bonds is 6. The Hall–Kier alpha value is -1.27. The van der Waals surface area contributed by atoms with E-state index in [4.69, 9.17) is 11.6 Å². The molecule has 1 aromatic carbocycles. The SMILES string of the molecule is COC(=O)CSC(C[N+](=O)[O-])c1ccccc1Cl. The Morgan fingerprint density at radius 1 is 1.56 bits per heavy atom. The molecule has 0 N–H and O–H groups in total. The first-order chi connectivity index (χ1) is 8.54. The number of carbonyl (C=O) groups excluding carboxylic acids is 1. The van der Waals surface area contributed by atoms with Crippen molar-refractivity contribution in [1.82, 2.24) is 0 Å². The van der Waals surface area contributed by atoms with Gasteiger partial charge in [-0.2, -0.15) is 0 Å². The monoisotopic (exact) mass is 289 g/mol. The zero-order valence-corrected chi connectivity index (χ0v) is 11.2. The summed E-state index contributed by atoms with van der Waals surface area (Å²) in [5.74, 6) is -0.361. The number of carbonyl (C=O) groups is 1. The minimum atomic E-state index is -0.465. The van der Waals surface area contributed by atoms with Crippen LogP contribution < -0.4 is 0 Å². The molecule has 0 spiro atoms. The summed E-state index contributed by atoms with van der Waals surface area (Å²) in [5.41, 5.74) is 0.657. The second-order valence-corrected chi connectivity index (χ2v) is 5.01. The Bertz CT molecular complexity index is 441. The number of halogens is 1. The highest BCUT2D eigenvalue weighted by atomic mass is 35.5. The highest BCUT2D eigenvalue weighted by Crippen LogP contribution is 2.33. The van der Waals surface area contributed by atoms with Crippen LogP contribution in [0.15, 0.2) is 24.3 Å². The van der Waals surface area contributed by atoms with Crippen LogP contribution in [0.3, 0.4) is 0 Å². The lowest BCUT2D eigenvalue weighted by Crippen LogP contribution is -2.13. The zero-order chi connectivity index (χ0) is 13.5. The van der Waals surface area contributed by atoms with Gasteiger partial charge in [-0.05, 0) is 11.6 Å². The Morgan fingerprint density at radius 3 is 2.78 bits per heavy atom. The highest BCUT2D eigenvalue weighted by Gasteiger charge is 2.22. The van der Waals surface area contributed by atoms with E-state index < -0.39 is 16.1 Å². The van der Waals surface area contributed by atoms with E-state index in [1.807, 2.05) is 0 Å². The van der Waals surface area contributed by atoms with Crippen molar-refractivity contribution in [2.75, 3.05) is 19.4 Å². The van der Waals surface area contributed by atoms with Crippen LogP contribution in [0.2, 0.25) is 5.02 Å². The second kappa shape index (κ2) is 7.23. The Labute approximate surface area is 114 Å². The fourth-order valence-electron chi connectivity index (χ4n) is 1.34. The molecule has 1 unspecified atom stereocenters. The van der Waals surface area contributed by atoms with Gasteiger partial charge in [-0.25, -0.2) is 0 Å². The summed E-state index contributed by atoms with van der Waals surface area (Å²) in [6.45, 7) is -0.286. The lowest BCUT2D eigenvalue weighted by atomic mass is 10.1.